The summed E-state index contributed by atoms with van der Waals surface area (Å²) in [7, 11) is -1.14. The monoisotopic (exact) mass is 398 g/mol. The molecule has 3 aromatic carbocycles. The van der Waals surface area contributed by atoms with E-state index in [-0.39, 0.29) is 22.5 Å². The fourth-order valence-electron chi connectivity index (χ4n) is 2.94. The number of benzene rings is 3. The fourth-order valence-corrected chi connectivity index (χ4v) is 4.28. The molecule has 0 atom stereocenters. The van der Waals surface area contributed by atoms with Crippen LogP contribution in [0.3, 0.4) is 0 Å². The molecule has 0 heterocycles. The summed E-state index contributed by atoms with van der Waals surface area (Å²) < 4.78 is 42.7. The van der Waals surface area contributed by atoms with E-state index in [0.717, 1.165) is 16.3 Å². The van der Waals surface area contributed by atoms with E-state index in [1.54, 1.807) is 30.3 Å². The Bertz CT molecular complexity index is 1090. The second-order valence-corrected chi connectivity index (χ2v) is 8.06. The lowest BCUT2D eigenvalue weighted by Crippen LogP contribution is -2.12. The van der Waals surface area contributed by atoms with Crippen molar-refractivity contribution in [3.63, 3.8) is 0 Å². The largest absolute Gasteiger partial charge is 0.484 e. The number of sulfone groups is 1. The average molecular weight is 398 g/mol. The SMILES string of the molecule is COCO/C(=C(/OC)S(=O)(=O)c1ccc(C)cc1)c1cccc2ccccc12. The minimum atomic E-state index is -3.94. The third kappa shape index (κ3) is 3.88. The average Bonchev–Trinajstić information content (AvgIpc) is 2.71. The predicted molar refractivity (Wildman–Crippen MR) is 109 cm³/mol. The van der Waals surface area contributed by atoms with Crippen molar-refractivity contribution in [2.75, 3.05) is 21.0 Å². The van der Waals surface area contributed by atoms with E-state index < -0.39 is 9.84 Å². The summed E-state index contributed by atoms with van der Waals surface area (Å²) in [6.45, 7) is 1.78. The first kappa shape index (κ1) is 19.9. The minimum absolute atomic E-state index is 0.113. The standard InChI is InChI=1S/C22H22O5S/c1-16-11-13-18(14-12-16)28(23,24)22(26-3)21(27-15-25-2)20-10-6-8-17-7-4-5-9-19(17)20/h4-14H,15H2,1-3H3/b22-21-. The number of hydrogen-bond acceptors (Lipinski definition) is 5. The van der Waals surface area contributed by atoms with E-state index in [1.807, 2.05) is 43.3 Å². The highest BCUT2D eigenvalue weighted by Crippen LogP contribution is 2.33. The first-order valence-corrected chi connectivity index (χ1v) is 10.2. The minimum Gasteiger partial charge on any atom is -0.484 e. The van der Waals surface area contributed by atoms with Crippen LogP contribution in [0, 0.1) is 6.92 Å². The Labute approximate surface area is 165 Å². The van der Waals surface area contributed by atoms with Crippen molar-refractivity contribution >= 4 is 26.4 Å². The van der Waals surface area contributed by atoms with Crippen LogP contribution in [-0.2, 0) is 24.0 Å². The summed E-state index contributed by atoms with van der Waals surface area (Å²) in [6.07, 6.45) is 0. The van der Waals surface area contributed by atoms with Gasteiger partial charge < -0.3 is 14.2 Å². The van der Waals surface area contributed by atoms with Gasteiger partial charge in [-0.25, -0.2) is 8.42 Å². The number of hydrogen-bond donors (Lipinski definition) is 0. The molecule has 0 fully saturated rings. The van der Waals surface area contributed by atoms with Gasteiger partial charge in [-0.2, -0.15) is 0 Å². The maximum absolute atomic E-state index is 13.3. The maximum atomic E-state index is 13.3. The molecule has 0 spiro atoms. The smallest absolute Gasteiger partial charge is 0.260 e. The van der Waals surface area contributed by atoms with Gasteiger partial charge in [0.1, 0.15) is 0 Å². The molecule has 0 radical (unpaired) electrons. The summed E-state index contributed by atoms with van der Waals surface area (Å²) in [6, 6.07) is 19.9. The lowest BCUT2D eigenvalue weighted by Gasteiger charge is -2.17. The van der Waals surface area contributed by atoms with Crippen LogP contribution in [0.4, 0.5) is 0 Å². The normalized spacial score (nSPS) is 12.5. The summed E-state index contributed by atoms with van der Waals surface area (Å²) >= 11 is 0. The van der Waals surface area contributed by atoms with Gasteiger partial charge in [0.25, 0.3) is 5.09 Å². The van der Waals surface area contributed by atoms with Crippen LogP contribution in [0.1, 0.15) is 11.1 Å². The Morgan fingerprint density at radius 2 is 1.57 bits per heavy atom. The molecule has 0 bridgehead atoms. The van der Waals surface area contributed by atoms with Crippen LogP contribution in [-0.4, -0.2) is 29.4 Å². The first-order valence-electron chi connectivity index (χ1n) is 8.69. The number of aryl methyl sites for hydroxylation is 1. The molecule has 0 saturated carbocycles. The van der Waals surface area contributed by atoms with Gasteiger partial charge in [-0.05, 0) is 29.8 Å². The highest BCUT2D eigenvalue weighted by atomic mass is 32.2. The number of methoxy groups -OCH3 is 2. The van der Waals surface area contributed by atoms with E-state index in [2.05, 4.69) is 0 Å². The molecule has 6 heteroatoms. The van der Waals surface area contributed by atoms with Crippen LogP contribution in [0.25, 0.3) is 16.5 Å². The van der Waals surface area contributed by atoms with Gasteiger partial charge in [-0.15, -0.1) is 0 Å². The van der Waals surface area contributed by atoms with Crippen molar-refractivity contribution in [2.24, 2.45) is 0 Å². The third-order valence-electron chi connectivity index (χ3n) is 4.30. The molecule has 146 valence electrons. The molecular formula is C22H22O5S. The molecule has 0 amide bonds. The molecule has 3 rings (SSSR count). The Balaban J connectivity index is 2.27. The van der Waals surface area contributed by atoms with Gasteiger partial charge in [0.05, 0.1) is 12.0 Å². The second-order valence-electron chi connectivity index (χ2n) is 6.21. The van der Waals surface area contributed by atoms with Gasteiger partial charge >= 0.3 is 0 Å². The van der Waals surface area contributed by atoms with Crippen molar-refractivity contribution in [3.05, 3.63) is 82.9 Å². The molecule has 5 nitrogen and oxygen atoms in total. The first-order chi connectivity index (χ1) is 13.5. The van der Waals surface area contributed by atoms with Crippen LogP contribution in [0.2, 0.25) is 0 Å². The fraction of sp³-hybridized carbons (Fsp3) is 0.182. The number of ether oxygens (including phenoxy) is 3. The lowest BCUT2D eigenvalue weighted by molar-refractivity contribution is 0.0293. The number of fused-ring (bicyclic) bond motifs is 1. The van der Waals surface area contributed by atoms with Gasteiger partial charge in [0, 0.05) is 12.7 Å². The Morgan fingerprint density at radius 3 is 2.25 bits per heavy atom. The molecule has 0 unspecified atom stereocenters. The van der Waals surface area contributed by atoms with Crippen molar-refractivity contribution in [3.8, 4) is 0 Å². The summed E-state index contributed by atoms with van der Waals surface area (Å²) in [5.41, 5.74) is 1.58. The van der Waals surface area contributed by atoms with Crippen molar-refractivity contribution in [1.82, 2.24) is 0 Å². The molecule has 0 N–H and O–H groups in total. The summed E-state index contributed by atoms with van der Waals surface area (Å²) in [5, 5.41) is 1.55. The Hall–Kier alpha value is -2.83. The second kappa shape index (κ2) is 8.46. The Morgan fingerprint density at radius 1 is 0.893 bits per heavy atom. The van der Waals surface area contributed by atoms with E-state index in [1.165, 1.54) is 14.2 Å². The third-order valence-corrected chi connectivity index (χ3v) is 6.03. The van der Waals surface area contributed by atoms with Gasteiger partial charge in [0.2, 0.25) is 9.84 Å². The zero-order valence-corrected chi connectivity index (χ0v) is 16.8. The predicted octanol–water partition coefficient (Wildman–Crippen LogP) is 4.52. The topological polar surface area (TPSA) is 61.8 Å². The lowest BCUT2D eigenvalue weighted by atomic mass is 10.0. The molecule has 0 aliphatic carbocycles. The van der Waals surface area contributed by atoms with Crippen molar-refractivity contribution < 1.29 is 22.6 Å². The van der Waals surface area contributed by atoms with E-state index in [0.29, 0.717) is 5.56 Å². The van der Waals surface area contributed by atoms with Crippen LogP contribution >= 0.6 is 0 Å². The van der Waals surface area contributed by atoms with Crippen molar-refractivity contribution in [1.29, 1.82) is 0 Å². The summed E-state index contributed by atoms with van der Waals surface area (Å²) in [4.78, 5) is 0.133. The highest BCUT2D eigenvalue weighted by molar-refractivity contribution is 7.95. The zero-order valence-electron chi connectivity index (χ0n) is 16.0. The number of rotatable bonds is 7. The van der Waals surface area contributed by atoms with Gasteiger partial charge in [0.15, 0.2) is 12.6 Å². The zero-order chi connectivity index (χ0) is 20.1. The highest BCUT2D eigenvalue weighted by Gasteiger charge is 2.29. The maximum Gasteiger partial charge on any atom is 0.260 e. The van der Waals surface area contributed by atoms with Gasteiger partial charge in [-0.1, -0.05) is 60.2 Å². The molecule has 0 aromatic heterocycles. The van der Waals surface area contributed by atoms with E-state index in [9.17, 15) is 8.42 Å². The van der Waals surface area contributed by atoms with Gasteiger partial charge in [-0.3, -0.25) is 0 Å². The molecule has 28 heavy (non-hydrogen) atoms. The molecule has 0 saturated heterocycles. The molecular weight excluding hydrogens is 376 g/mol. The molecule has 0 aliphatic rings. The van der Waals surface area contributed by atoms with Crippen LogP contribution in [0.5, 0.6) is 0 Å². The van der Waals surface area contributed by atoms with Crippen LogP contribution < -0.4 is 0 Å². The molecule has 0 aliphatic heterocycles. The van der Waals surface area contributed by atoms with E-state index >= 15 is 0 Å². The Kier molecular flexibility index (Phi) is 6.02. The van der Waals surface area contributed by atoms with Crippen molar-refractivity contribution in [2.45, 2.75) is 11.8 Å². The van der Waals surface area contributed by atoms with E-state index in [4.69, 9.17) is 14.2 Å². The molecule has 3 aromatic rings. The quantitative estimate of drug-likeness (QED) is 0.433. The van der Waals surface area contributed by atoms with Crippen LogP contribution in [0.15, 0.2) is 76.7 Å². The summed E-state index contributed by atoms with van der Waals surface area (Å²) in [5.74, 6) is 0.113.